The van der Waals surface area contributed by atoms with Crippen LogP contribution in [0.4, 0.5) is 35.1 Å². The quantitative estimate of drug-likeness (QED) is 0.664. The molecule has 130 valence electrons. The molecule has 0 spiro atoms. The van der Waals surface area contributed by atoms with Gasteiger partial charge in [-0.05, 0) is 30.3 Å². The van der Waals surface area contributed by atoms with Crippen molar-refractivity contribution >= 4 is 5.78 Å². The van der Waals surface area contributed by atoms with Crippen molar-refractivity contribution in [3.63, 3.8) is 0 Å². The maximum absolute atomic E-state index is 13.8. The number of ketones is 1. The summed E-state index contributed by atoms with van der Waals surface area (Å²) in [6, 6.07) is 3.62. The van der Waals surface area contributed by atoms with E-state index in [2.05, 4.69) is 5.10 Å². The van der Waals surface area contributed by atoms with Gasteiger partial charge in [-0.25, -0.2) is 8.78 Å². The lowest BCUT2D eigenvalue weighted by Crippen LogP contribution is -2.50. The number of aromatic amines is 1. The Kier molecular flexibility index (Phi) is 4.15. The summed E-state index contributed by atoms with van der Waals surface area (Å²) in [6.07, 6.45) is -12.7. The molecule has 3 nitrogen and oxygen atoms in total. The zero-order valence-electron chi connectivity index (χ0n) is 11.3. The van der Waals surface area contributed by atoms with Gasteiger partial charge >= 0.3 is 18.0 Å². The number of alkyl halides is 7. The van der Waals surface area contributed by atoms with Crippen molar-refractivity contribution in [3.8, 4) is 0 Å². The molecule has 0 radical (unpaired) electrons. The van der Waals surface area contributed by atoms with Gasteiger partial charge in [0.25, 0.3) is 0 Å². The Balaban J connectivity index is 2.45. The van der Waals surface area contributed by atoms with Gasteiger partial charge in [-0.2, -0.15) is 31.4 Å². The molecule has 0 aliphatic rings. The monoisotopic (exact) mass is 358 g/mol. The highest BCUT2D eigenvalue weighted by Crippen LogP contribution is 2.52. The SMILES string of the molecule is O=C(c1ccc(F)cc1)c1cc(C(F)(C(F)(F)F)C(F)(F)F)[nH]n1. The van der Waals surface area contributed by atoms with Crippen molar-refractivity contribution in [2.45, 2.75) is 18.0 Å². The normalized spacial score (nSPS) is 13.2. The average Bonchev–Trinajstić information content (AvgIpc) is 2.94. The highest BCUT2D eigenvalue weighted by atomic mass is 19.4. The molecule has 0 aliphatic heterocycles. The van der Waals surface area contributed by atoms with Gasteiger partial charge in [0.1, 0.15) is 11.5 Å². The van der Waals surface area contributed by atoms with Crippen LogP contribution in [0.5, 0.6) is 0 Å². The number of hydrogen-bond acceptors (Lipinski definition) is 2. The summed E-state index contributed by atoms with van der Waals surface area (Å²) in [5, 5.41) is 4.26. The Morgan fingerprint density at radius 1 is 0.917 bits per heavy atom. The number of aromatic nitrogens is 2. The number of H-pyrrole nitrogens is 1. The Morgan fingerprint density at radius 3 is 1.88 bits per heavy atom. The molecule has 0 bridgehead atoms. The molecule has 0 saturated heterocycles. The number of hydrogen-bond donors (Lipinski definition) is 1. The molecule has 0 unspecified atom stereocenters. The Morgan fingerprint density at radius 2 is 1.42 bits per heavy atom. The lowest BCUT2D eigenvalue weighted by atomic mass is 9.99. The van der Waals surface area contributed by atoms with Crippen LogP contribution in [-0.4, -0.2) is 28.3 Å². The van der Waals surface area contributed by atoms with Gasteiger partial charge in [-0.3, -0.25) is 9.89 Å². The molecule has 1 N–H and O–H groups in total. The topological polar surface area (TPSA) is 45.8 Å². The summed E-state index contributed by atoms with van der Waals surface area (Å²) >= 11 is 0. The fraction of sp³-hybridized carbons (Fsp3) is 0.231. The van der Waals surface area contributed by atoms with E-state index in [-0.39, 0.29) is 11.6 Å². The minimum absolute atomic E-state index is 0.0205. The van der Waals surface area contributed by atoms with E-state index in [4.69, 9.17) is 0 Å². The van der Waals surface area contributed by atoms with Crippen molar-refractivity contribution in [3.05, 3.63) is 53.1 Å². The maximum Gasteiger partial charge on any atom is 0.437 e. The first kappa shape index (κ1) is 17.9. The summed E-state index contributed by atoms with van der Waals surface area (Å²) in [6.45, 7) is 0. The number of nitrogens with zero attached hydrogens (tertiary/aromatic N) is 1. The molecule has 0 saturated carbocycles. The predicted octanol–water partition coefficient (Wildman–Crippen LogP) is 4.07. The third-order valence-corrected chi connectivity index (χ3v) is 3.07. The first-order valence-corrected chi connectivity index (χ1v) is 6.06. The van der Waals surface area contributed by atoms with Crippen LogP contribution in [0.3, 0.4) is 0 Å². The van der Waals surface area contributed by atoms with Gasteiger partial charge in [0, 0.05) is 5.56 Å². The van der Waals surface area contributed by atoms with Crippen LogP contribution >= 0.6 is 0 Å². The van der Waals surface area contributed by atoms with Crippen molar-refractivity contribution in [1.29, 1.82) is 0 Å². The molecule has 11 heteroatoms. The Labute approximate surface area is 128 Å². The molecule has 1 heterocycles. The fourth-order valence-electron chi connectivity index (χ4n) is 1.83. The molecular formula is C13H6F8N2O. The first-order valence-electron chi connectivity index (χ1n) is 6.06. The molecule has 0 amide bonds. The van der Waals surface area contributed by atoms with E-state index >= 15 is 0 Å². The van der Waals surface area contributed by atoms with Crippen molar-refractivity contribution in [2.75, 3.05) is 0 Å². The van der Waals surface area contributed by atoms with Gasteiger partial charge in [0.05, 0.1) is 5.69 Å². The van der Waals surface area contributed by atoms with Gasteiger partial charge in [-0.1, -0.05) is 0 Å². The number of carbonyl (C=O) groups excluding carboxylic acids is 1. The Bertz CT molecular complexity index is 731. The largest absolute Gasteiger partial charge is 0.437 e. The second-order valence-corrected chi connectivity index (χ2v) is 4.66. The van der Waals surface area contributed by atoms with E-state index in [0.29, 0.717) is 0 Å². The van der Waals surface area contributed by atoms with E-state index in [9.17, 15) is 39.9 Å². The van der Waals surface area contributed by atoms with Crippen LogP contribution in [0.25, 0.3) is 0 Å². The maximum atomic E-state index is 13.8. The molecule has 1 aromatic heterocycles. The van der Waals surface area contributed by atoms with Crippen molar-refractivity contribution in [2.24, 2.45) is 0 Å². The van der Waals surface area contributed by atoms with E-state index in [1.807, 2.05) is 0 Å². The van der Waals surface area contributed by atoms with Crippen molar-refractivity contribution in [1.82, 2.24) is 10.2 Å². The lowest BCUT2D eigenvalue weighted by molar-refractivity contribution is -0.350. The van der Waals surface area contributed by atoms with E-state index in [1.165, 1.54) is 5.10 Å². The van der Waals surface area contributed by atoms with Crippen LogP contribution < -0.4 is 0 Å². The number of carbonyl (C=O) groups is 1. The number of nitrogens with one attached hydrogen (secondary N) is 1. The summed E-state index contributed by atoms with van der Waals surface area (Å²) in [4.78, 5) is 11.9. The van der Waals surface area contributed by atoms with Gasteiger partial charge in [0.2, 0.25) is 5.78 Å². The summed E-state index contributed by atoms with van der Waals surface area (Å²) < 4.78 is 102. The minimum Gasteiger partial charge on any atom is -0.287 e. The lowest BCUT2D eigenvalue weighted by Gasteiger charge is -2.28. The van der Waals surface area contributed by atoms with Gasteiger partial charge < -0.3 is 0 Å². The fourth-order valence-corrected chi connectivity index (χ4v) is 1.83. The summed E-state index contributed by atoms with van der Waals surface area (Å²) in [7, 11) is 0. The predicted molar refractivity (Wildman–Crippen MR) is 63.3 cm³/mol. The Hall–Kier alpha value is -2.46. The molecule has 1 aromatic carbocycles. The van der Waals surface area contributed by atoms with E-state index < -0.39 is 41.0 Å². The van der Waals surface area contributed by atoms with E-state index in [0.717, 1.165) is 24.3 Å². The molecule has 2 aromatic rings. The standard InChI is InChI=1S/C13H6F8N2O/c14-7-3-1-6(2-4-7)10(24)8-5-9(23-22-8)11(15,12(16,17)18)13(19,20)21/h1-5H,(H,22,23). The summed E-state index contributed by atoms with van der Waals surface area (Å²) in [5.41, 5.74) is -8.83. The van der Waals surface area contributed by atoms with E-state index in [1.54, 1.807) is 0 Å². The van der Waals surface area contributed by atoms with Crippen LogP contribution in [-0.2, 0) is 5.67 Å². The second kappa shape index (κ2) is 5.56. The number of benzene rings is 1. The van der Waals surface area contributed by atoms with Crippen LogP contribution in [0.15, 0.2) is 30.3 Å². The molecule has 24 heavy (non-hydrogen) atoms. The number of rotatable bonds is 3. The highest BCUT2D eigenvalue weighted by Gasteiger charge is 2.74. The molecule has 0 fully saturated rings. The van der Waals surface area contributed by atoms with Crippen LogP contribution in [0, 0.1) is 5.82 Å². The highest BCUT2D eigenvalue weighted by molar-refractivity contribution is 6.07. The van der Waals surface area contributed by atoms with Crippen LogP contribution in [0.1, 0.15) is 21.7 Å². The smallest absolute Gasteiger partial charge is 0.287 e. The van der Waals surface area contributed by atoms with Crippen LogP contribution in [0.2, 0.25) is 0 Å². The second-order valence-electron chi connectivity index (χ2n) is 4.66. The molecule has 0 atom stereocenters. The average molecular weight is 358 g/mol. The number of halogens is 8. The first-order chi connectivity index (χ1) is 10.9. The van der Waals surface area contributed by atoms with Crippen molar-refractivity contribution < 1.29 is 39.9 Å². The minimum atomic E-state index is -6.33. The van der Waals surface area contributed by atoms with Gasteiger partial charge in [0.15, 0.2) is 0 Å². The third kappa shape index (κ3) is 2.85. The molecule has 0 aliphatic carbocycles. The molecule has 2 rings (SSSR count). The molecular weight excluding hydrogens is 352 g/mol. The zero-order valence-corrected chi connectivity index (χ0v) is 11.3. The summed E-state index contributed by atoms with van der Waals surface area (Å²) in [5.74, 6) is -1.82. The van der Waals surface area contributed by atoms with Gasteiger partial charge in [-0.15, -0.1) is 0 Å². The zero-order chi connectivity index (χ0) is 18.3. The third-order valence-electron chi connectivity index (χ3n) is 3.07.